The number of nitrogens with one attached hydrogen (secondary N) is 1. The van der Waals surface area contributed by atoms with Gasteiger partial charge < -0.3 is 14.8 Å². The van der Waals surface area contributed by atoms with Gasteiger partial charge in [0.2, 0.25) is 0 Å². The van der Waals surface area contributed by atoms with E-state index in [2.05, 4.69) is 26.2 Å². The van der Waals surface area contributed by atoms with Crippen LogP contribution in [-0.4, -0.2) is 47.6 Å². The van der Waals surface area contributed by atoms with Crippen molar-refractivity contribution in [2.24, 2.45) is 4.99 Å². The van der Waals surface area contributed by atoms with Crippen LogP contribution < -0.4 is 14.8 Å². The first-order valence-corrected chi connectivity index (χ1v) is 13.2. The third-order valence-corrected chi connectivity index (χ3v) is 7.61. The molecule has 4 rings (SSSR count). The Balaban J connectivity index is 1.44. The number of halogens is 2. The number of hydrogen-bond acceptors (Lipinski definition) is 8. The Kier molecular flexibility index (Phi) is 8.90. The standard InChI is InChI=1S/C26H20BrClN4O6S/c1-31-25(34)23(39-26(31)30-17-7-8-19(27)20(28)13-17)11-15-6-9-21(22(10-15)37-2)38-14-24(33)29-16-4-3-5-18(12-16)32(35)36/h3-13H,14H2,1-2H3,(H,29,33)/b23-11+,30-26?. The summed E-state index contributed by atoms with van der Waals surface area (Å²) in [7, 11) is 3.10. The number of methoxy groups -OCH3 is 1. The minimum absolute atomic E-state index is 0.138. The Labute approximate surface area is 240 Å². The molecule has 0 atom stereocenters. The van der Waals surface area contributed by atoms with Gasteiger partial charge in [-0.1, -0.05) is 23.7 Å². The van der Waals surface area contributed by atoms with E-state index in [0.29, 0.717) is 37.8 Å². The van der Waals surface area contributed by atoms with E-state index in [0.717, 1.165) is 4.47 Å². The number of nitro benzene ring substituents is 1. The lowest BCUT2D eigenvalue weighted by atomic mass is 10.2. The highest BCUT2D eigenvalue weighted by Gasteiger charge is 2.30. The smallest absolute Gasteiger partial charge is 0.271 e. The zero-order valence-electron chi connectivity index (χ0n) is 20.5. The number of rotatable bonds is 8. The van der Waals surface area contributed by atoms with E-state index in [1.54, 1.807) is 49.5 Å². The van der Waals surface area contributed by atoms with E-state index >= 15 is 0 Å². The van der Waals surface area contributed by atoms with Gasteiger partial charge in [0.05, 0.1) is 27.6 Å². The van der Waals surface area contributed by atoms with Crippen molar-refractivity contribution in [2.45, 2.75) is 0 Å². The number of carbonyl (C=O) groups is 2. The summed E-state index contributed by atoms with van der Waals surface area (Å²) in [4.78, 5) is 42.0. The summed E-state index contributed by atoms with van der Waals surface area (Å²) >= 11 is 10.7. The molecule has 10 nitrogen and oxygen atoms in total. The summed E-state index contributed by atoms with van der Waals surface area (Å²) in [6.45, 7) is -0.349. The molecule has 3 aromatic rings. The SMILES string of the molecule is COc1cc(/C=C2/SC(=Nc3ccc(Br)c(Cl)c3)N(C)C2=O)ccc1OCC(=O)Nc1cccc([N+](=O)[O-])c1. The number of ether oxygens (including phenoxy) is 2. The number of carbonyl (C=O) groups excluding carboxylic acids is 2. The first kappa shape index (κ1) is 28.1. The molecule has 1 aliphatic heterocycles. The third kappa shape index (κ3) is 6.96. The number of amides is 2. The fourth-order valence-electron chi connectivity index (χ4n) is 3.40. The Morgan fingerprint density at radius 2 is 2.00 bits per heavy atom. The van der Waals surface area contributed by atoms with Crippen molar-refractivity contribution in [2.75, 3.05) is 26.1 Å². The number of anilines is 1. The van der Waals surface area contributed by atoms with Crippen LogP contribution in [0.15, 0.2) is 75.0 Å². The normalized spacial score (nSPS) is 15.1. The number of likely N-dealkylation sites (N-methyl/N-ethyl adjacent to an activating group) is 1. The highest BCUT2D eigenvalue weighted by molar-refractivity contribution is 9.10. The molecule has 1 aliphatic rings. The van der Waals surface area contributed by atoms with Crippen LogP contribution in [0.25, 0.3) is 6.08 Å². The van der Waals surface area contributed by atoms with Crippen molar-refractivity contribution in [3.05, 3.63) is 90.7 Å². The van der Waals surface area contributed by atoms with Crippen molar-refractivity contribution in [3.8, 4) is 11.5 Å². The molecule has 0 bridgehead atoms. The number of nitrogens with zero attached hydrogens (tertiary/aromatic N) is 3. The molecule has 200 valence electrons. The largest absolute Gasteiger partial charge is 0.493 e. The topological polar surface area (TPSA) is 123 Å². The molecule has 1 fully saturated rings. The Morgan fingerprint density at radius 3 is 2.72 bits per heavy atom. The highest BCUT2D eigenvalue weighted by Crippen LogP contribution is 2.36. The lowest BCUT2D eigenvalue weighted by Crippen LogP contribution is -2.23. The maximum atomic E-state index is 12.8. The Morgan fingerprint density at radius 1 is 1.21 bits per heavy atom. The minimum Gasteiger partial charge on any atom is -0.493 e. The molecular formula is C26H20BrClN4O6S. The van der Waals surface area contributed by atoms with Crippen molar-refractivity contribution >= 4 is 79.4 Å². The van der Waals surface area contributed by atoms with E-state index in [1.165, 1.54) is 48.0 Å². The predicted octanol–water partition coefficient (Wildman–Crippen LogP) is 6.27. The number of benzene rings is 3. The van der Waals surface area contributed by atoms with Gasteiger partial charge in [0.1, 0.15) is 0 Å². The van der Waals surface area contributed by atoms with Crippen molar-refractivity contribution in [1.82, 2.24) is 4.90 Å². The molecule has 0 aromatic heterocycles. The maximum absolute atomic E-state index is 12.8. The van der Waals surface area contributed by atoms with Crippen molar-refractivity contribution in [1.29, 1.82) is 0 Å². The number of aliphatic imine (C=N–C) groups is 1. The second-order valence-electron chi connectivity index (χ2n) is 8.02. The maximum Gasteiger partial charge on any atom is 0.271 e. The van der Waals surface area contributed by atoms with Gasteiger partial charge in [-0.3, -0.25) is 24.6 Å². The first-order chi connectivity index (χ1) is 18.6. The summed E-state index contributed by atoms with van der Waals surface area (Å²) in [6.07, 6.45) is 1.71. The molecule has 0 spiro atoms. The van der Waals surface area contributed by atoms with Crippen LogP contribution in [0.3, 0.4) is 0 Å². The lowest BCUT2D eigenvalue weighted by molar-refractivity contribution is -0.384. The van der Waals surface area contributed by atoms with E-state index < -0.39 is 10.8 Å². The number of thioether (sulfide) groups is 1. The second-order valence-corrected chi connectivity index (χ2v) is 10.3. The molecule has 1 heterocycles. The molecule has 2 amide bonds. The van der Waals surface area contributed by atoms with Crippen LogP contribution in [0.2, 0.25) is 5.02 Å². The van der Waals surface area contributed by atoms with Gasteiger partial charge in [0.25, 0.3) is 17.5 Å². The van der Waals surface area contributed by atoms with Crippen LogP contribution >= 0.6 is 39.3 Å². The fourth-order valence-corrected chi connectivity index (χ4v) is 4.81. The number of amidine groups is 1. The molecule has 1 N–H and O–H groups in total. The number of non-ortho nitro benzene ring substituents is 1. The van der Waals surface area contributed by atoms with Gasteiger partial charge in [0, 0.05) is 29.3 Å². The van der Waals surface area contributed by atoms with Crippen LogP contribution in [-0.2, 0) is 9.59 Å². The molecule has 13 heteroatoms. The van der Waals surface area contributed by atoms with Gasteiger partial charge in [-0.05, 0) is 75.7 Å². The Hall–Kier alpha value is -3.87. The average molecular weight is 632 g/mol. The van der Waals surface area contributed by atoms with Crippen LogP contribution in [0.5, 0.6) is 11.5 Å². The first-order valence-electron chi connectivity index (χ1n) is 11.2. The summed E-state index contributed by atoms with van der Waals surface area (Å²) in [6, 6.07) is 15.9. The van der Waals surface area contributed by atoms with E-state index in [1.807, 2.05) is 0 Å². The zero-order chi connectivity index (χ0) is 28.1. The molecule has 0 aliphatic carbocycles. The summed E-state index contributed by atoms with van der Waals surface area (Å²) in [5.41, 5.74) is 1.43. The number of hydrogen-bond donors (Lipinski definition) is 1. The fraction of sp³-hybridized carbons (Fsp3) is 0.115. The quantitative estimate of drug-likeness (QED) is 0.177. The van der Waals surface area contributed by atoms with Crippen LogP contribution in [0.4, 0.5) is 17.1 Å². The van der Waals surface area contributed by atoms with Crippen molar-refractivity contribution in [3.63, 3.8) is 0 Å². The predicted molar refractivity (Wildman–Crippen MR) is 155 cm³/mol. The van der Waals surface area contributed by atoms with E-state index in [-0.39, 0.29) is 23.9 Å². The zero-order valence-corrected chi connectivity index (χ0v) is 23.7. The van der Waals surface area contributed by atoms with E-state index in [9.17, 15) is 19.7 Å². The molecule has 0 unspecified atom stereocenters. The molecule has 39 heavy (non-hydrogen) atoms. The highest BCUT2D eigenvalue weighted by atomic mass is 79.9. The third-order valence-electron chi connectivity index (χ3n) is 5.32. The van der Waals surface area contributed by atoms with Crippen molar-refractivity contribution < 1.29 is 24.0 Å². The molecule has 1 saturated heterocycles. The minimum atomic E-state index is -0.546. The Bertz CT molecular complexity index is 1530. The molecule has 3 aromatic carbocycles. The summed E-state index contributed by atoms with van der Waals surface area (Å²) < 4.78 is 11.8. The van der Waals surface area contributed by atoms with Gasteiger partial charge >= 0.3 is 0 Å². The van der Waals surface area contributed by atoms with Gasteiger partial charge in [-0.25, -0.2) is 4.99 Å². The summed E-state index contributed by atoms with van der Waals surface area (Å²) in [5.74, 6) is -0.0434. The molecular weight excluding hydrogens is 612 g/mol. The van der Waals surface area contributed by atoms with E-state index in [4.69, 9.17) is 21.1 Å². The number of nitro groups is 1. The average Bonchev–Trinajstić information content (AvgIpc) is 3.17. The second kappa shape index (κ2) is 12.3. The summed E-state index contributed by atoms with van der Waals surface area (Å²) in [5, 5.41) is 14.5. The molecule has 0 radical (unpaired) electrons. The van der Waals surface area contributed by atoms with Crippen LogP contribution in [0, 0.1) is 10.1 Å². The van der Waals surface area contributed by atoms with Crippen LogP contribution in [0.1, 0.15) is 5.56 Å². The monoisotopic (exact) mass is 630 g/mol. The molecule has 0 saturated carbocycles. The van der Waals surface area contributed by atoms with Gasteiger partial charge in [-0.2, -0.15) is 0 Å². The van der Waals surface area contributed by atoms with Gasteiger partial charge in [-0.15, -0.1) is 0 Å². The lowest BCUT2D eigenvalue weighted by Gasteiger charge is -2.12. The van der Waals surface area contributed by atoms with Gasteiger partial charge in [0.15, 0.2) is 23.3 Å².